The van der Waals surface area contributed by atoms with E-state index in [2.05, 4.69) is 54.4 Å². The first-order valence-electron chi connectivity index (χ1n) is 8.19. The monoisotopic (exact) mass is 283 g/mol. The summed E-state index contributed by atoms with van der Waals surface area (Å²) in [6.07, 6.45) is 3.80. The largest absolute Gasteiger partial charge is 0.353 e. The van der Waals surface area contributed by atoms with Gasteiger partial charge >= 0.3 is 0 Å². The topological polar surface area (TPSA) is 28.2 Å². The number of fused-ring (bicyclic) bond motifs is 1. The fourth-order valence-corrected chi connectivity index (χ4v) is 2.89. The van der Waals surface area contributed by atoms with Gasteiger partial charge in [-0.1, -0.05) is 38.1 Å². The maximum atomic E-state index is 4.98. The highest BCUT2D eigenvalue weighted by atomic mass is 15.2. The summed E-state index contributed by atoms with van der Waals surface area (Å²) in [6.45, 7) is 7.31. The van der Waals surface area contributed by atoms with Crippen LogP contribution >= 0.6 is 0 Å². The van der Waals surface area contributed by atoms with Gasteiger partial charge < -0.3 is 10.2 Å². The Morgan fingerprint density at radius 1 is 1.24 bits per heavy atom. The van der Waals surface area contributed by atoms with E-state index in [9.17, 15) is 0 Å². The average Bonchev–Trinajstić information content (AvgIpc) is 3.34. The molecular weight excluding hydrogens is 258 g/mol. The van der Waals surface area contributed by atoms with Gasteiger partial charge in [-0.25, -0.2) is 4.98 Å². The van der Waals surface area contributed by atoms with Gasteiger partial charge in [0.05, 0.1) is 5.69 Å². The molecule has 0 atom stereocenters. The molecule has 1 aromatic carbocycles. The molecule has 0 saturated heterocycles. The van der Waals surface area contributed by atoms with E-state index < -0.39 is 0 Å². The normalized spacial score (nSPS) is 14.6. The standard InChI is InChI=1S/C18H25N3/c1-3-11-21(16-9-10-16)18-17-8-6-5-7-14(17)12-15(20-18)13-19-4-2/h5-8,12,16,19H,3-4,9-11,13H2,1-2H3. The number of nitrogens with one attached hydrogen (secondary N) is 1. The van der Waals surface area contributed by atoms with Crippen LogP contribution in [-0.2, 0) is 6.54 Å². The summed E-state index contributed by atoms with van der Waals surface area (Å²) in [5.74, 6) is 1.19. The van der Waals surface area contributed by atoms with Gasteiger partial charge in [-0.2, -0.15) is 0 Å². The Hall–Kier alpha value is -1.61. The van der Waals surface area contributed by atoms with Crippen molar-refractivity contribution < 1.29 is 0 Å². The van der Waals surface area contributed by atoms with E-state index in [1.54, 1.807) is 0 Å². The van der Waals surface area contributed by atoms with Crippen molar-refractivity contribution in [1.82, 2.24) is 10.3 Å². The molecule has 0 aliphatic heterocycles. The summed E-state index contributed by atoms with van der Waals surface area (Å²) in [7, 11) is 0. The van der Waals surface area contributed by atoms with Gasteiger partial charge in [-0.15, -0.1) is 0 Å². The first-order valence-corrected chi connectivity index (χ1v) is 8.19. The van der Waals surface area contributed by atoms with E-state index in [-0.39, 0.29) is 0 Å². The van der Waals surface area contributed by atoms with Crippen LogP contribution in [0.25, 0.3) is 10.8 Å². The Morgan fingerprint density at radius 2 is 2.05 bits per heavy atom. The first-order chi connectivity index (χ1) is 10.3. The average molecular weight is 283 g/mol. The van der Waals surface area contributed by atoms with Crippen LogP contribution in [0.1, 0.15) is 38.8 Å². The maximum Gasteiger partial charge on any atom is 0.137 e. The second-order valence-electron chi connectivity index (χ2n) is 5.86. The van der Waals surface area contributed by atoms with Crippen molar-refractivity contribution in [2.45, 2.75) is 45.7 Å². The van der Waals surface area contributed by atoms with Crippen molar-refractivity contribution in [2.75, 3.05) is 18.0 Å². The van der Waals surface area contributed by atoms with Gasteiger partial charge in [-0.05, 0) is 37.3 Å². The molecule has 21 heavy (non-hydrogen) atoms. The van der Waals surface area contributed by atoms with Crippen LogP contribution in [0.4, 0.5) is 5.82 Å². The second-order valence-corrected chi connectivity index (χ2v) is 5.86. The van der Waals surface area contributed by atoms with Crippen LogP contribution in [0.5, 0.6) is 0 Å². The SMILES string of the molecule is CCCN(c1nc(CNCC)cc2ccccc12)C1CC1. The quantitative estimate of drug-likeness (QED) is 0.839. The molecule has 1 aliphatic carbocycles. The third-order valence-corrected chi connectivity index (χ3v) is 4.05. The fourth-order valence-electron chi connectivity index (χ4n) is 2.89. The molecular formula is C18H25N3. The minimum Gasteiger partial charge on any atom is -0.353 e. The molecule has 3 rings (SSSR count). The Kier molecular flexibility index (Phi) is 4.39. The lowest BCUT2D eigenvalue weighted by Crippen LogP contribution is -2.28. The van der Waals surface area contributed by atoms with E-state index in [0.717, 1.165) is 25.3 Å². The zero-order valence-corrected chi connectivity index (χ0v) is 13.1. The molecule has 0 spiro atoms. The number of anilines is 1. The molecule has 3 nitrogen and oxygen atoms in total. The number of rotatable bonds is 7. The van der Waals surface area contributed by atoms with Gasteiger partial charge in [0.2, 0.25) is 0 Å². The predicted molar refractivity (Wildman–Crippen MR) is 89.8 cm³/mol. The van der Waals surface area contributed by atoms with Crippen molar-refractivity contribution in [2.24, 2.45) is 0 Å². The minimum atomic E-state index is 0.704. The van der Waals surface area contributed by atoms with Crippen molar-refractivity contribution in [3.63, 3.8) is 0 Å². The molecule has 3 heteroatoms. The van der Waals surface area contributed by atoms with Crippen LogP contribution in [0.3, 0.4) is 0 Å². The molecule has 1 saturated carbocycles. The summed E-state index contributed by atoms with van der Waals surface area (Å²) in [5.41, 5.74) is 1.15. The Labute approximate surface area is 127 Å². The molecule has 1 N–H and O–H groups in total. The molecule has 0 radical (unpaired) electrons. The summed E-state index contributed by atoms with van der Waals surface area (Å²) in [6, 6.07) is 11.6. The van der Waals surface area contributed by atoms with Crippen molar-refractivity contribution in [3.8, 4) is 0 Å². The van der Waals surface area contributed by atoms with E-state index in [1.807, 2.05) is 0 Å². The highest BCUT2D eigenvalue weighted by Gasteiger charge is 2.30. The Morgan fingerprint density at radius 3 is 2.76 bits per heavy atom. The van der Waals surface area contributed by atoms with Crippen molar-refractivity contribution in [1.29, 1.82) is 0 Å². The smallest absolute Gasteiger partial charge is 0.137 e. The molecule has 0 unspecified atom stereocenters. The third kappa shape index (κ3) is 3.18. The summed E-state index contributed by atoms with van der Waals surface area (Å²) < 4.78 is 0. The number of pyridine rings is 1. The van der Waals surface area contributed by atoms with Crippen LogP contribution in [-0.4, -0.2) is 24.1 Å². The molecule has 112 valence electrons. The number of hydrogen-bond acceptors (Lipinski definition) is 3. The number of benzene rings is 1. The van der Waals surface area contributed by atoms with Crippen molar-refractivity contribution in [3.05, 3.63) is 36.0 Å². The third-order valence-electron chi connectivity index (χ3n) is 4.05. The predicted octanol–water partition coefficient (Wildman–Crippen LogP) is 3.72. The molecule has 1 aromatic heterocycles. The van der Waals surface area contributed by atoms with Gasteiger partial charge in [0.25, 0.3) is 0 Å². The number of aromatic nitrogens is 1. The van der Waals surface area contributed by atoms with Crippen LogP contribution in [0.2, 0.25) is 0 Å². The van der Waals surface area contributed by atoms with E-state index in [1.165, 1.54) is 35.9 Å². The molecule has 1 aliphatic rings. The van der Waals surface area contributed by atoms with E-state index >= 15 is 0 Å². The van der Waals surface area contributed by atoms with Gasteiger partial charge in [0, 0.05) is 24.5 Å². The maximum absolute atomic E-state index is 4.98. The highest BCUT2D eigenvalue weighted by Crippen LogP contribution is 2.35. The second kappa shape index (κ2) is 6.44. The Bertz CT molecular complexity index is 604. The van der Waals surface area contributed by atoms with Crippen molar-refractivity contribution >= 4 is 16.6 Å². The van der Waals surface area contributed by atoms with Crippen LogP contribution < -0.4 is 10.2 Å². The molecule has 0 amide bonds. The molecule has 1 fully saturated rings. The number of hydrogen-bond donors (Lipinski definition) is 1. The molecule has 1 heterocycles. The Balaban J connectivity index is 2.04. The van der Waals surface area contributed by atoms with Crippen LogP contribution in [0, 0.1) is 0 Å². The van der Waals surface area contributed by atoms with E-state index in [0.29, 0.717) is 6.04 Å². The summed E-state index contributed by atoms with van der Waals surface area (Å²) >= 11 is 0. The minimum absolute atomic E-state index is 0.704. The fraction of sp³-hybridized carbons (Fsp3) is 0.500. The summed E-state index contributed by atoms with van der Waals surface area (Å²) in [5, 5.41) is 5.98. The number of nitrogens with zero attached hydrogens (tertiary/aromatic N) is 2. The lowest BCUT2D eigenvalue weighted by molar-refractivity contribution is 0.703. The first kappa shape index (κ1) is 14.3. The lowest BCUT2D eigenvalue weighted by Gasteiger charge is -2.25. The van der Waals surface area contributed by atoms with Crippen LogP contribution in [0.15, 0.2) is 30.3 Å². The van der Waals surface area contributed by atoms with Gasteiger partial charge in [0.1, 0.15) is 5.82 Å². The van der Waals surface area contributed by atoms with Gasteiger partial charge in [0.15, 0.2) is 0 Å². The van der Waals surface area contributed by atoms with E-state index in [4.69, 9.17) is 4.98 Å². The molecule has 0 bridgehead atoms. The lowest BCUT2D eigenvalue weighted by atomic mass is 10.1. The zero-order chi connectivity index (χ0) is 14.7. The zero-order valence-electron chi connectivity index (χ0n) is 13.1. The molecule has 2 aromatic rings. The highest BCUT2D eigenvalue weighted by molar-refractivity contribution is 5.92. The summed E-state index contributed by atoms with van der Waals surface area (Å²) in [4.78, 5) is 7.51. The van der Waals surface area contributed by atoms with Gasteiger partial charge in [-0.3, -0.25) is 0 Å².